The fraction of sp³-hybridized carbons (Fsp3) is 1.00. The van der Waals surface area contributed by atoms with Crippen LogP contribution in [0.25, 0.3) is 0 Å². The molecule has 1 N–H and O–H groups in total. The van der Waals surface area contributed by atoms with Crippen LogP contribution in [0.15, 0.2) is 0 Å². The molecule has 4 heteroatoms. The van der Waals surface area contributed by atoms with Crippen molar-refractivity contribution in [2.24, 2.45) is 5.92 Å². The van der Waals surface area contributed by atoms with Crippen molar-refractivity contribution in [3.05, 3.63) is 0 Å². The highest BCUT2D eigenvalue weighted by Gasteiger charge is 2.40. The smallest absolute Gasteiger partial charge is 0.0701 e. The lowest BCUT2D eigenvalue weighted by Crippen LogP contribution is -2.49. The van der Waals surface area contributed by atoms with Crippen molar-refractivity contribution in [1.29, 1.82) is 0 Å². The van der Waals surface area contributed by atoms with Crippen molar-refractivity contribution >= 4 is 11.8 Å². The van der Waals surface area contributed by atoms with Gasteiger partial charge in [0.1, 0.15) is 0 Å². The number of rotatable bonds is 8. The molecule has 2 heterocycles. The number of hydrogen-bond acceptors (Lipinski definition) is 4. The van der Waals surface area contributed by atoms with Gasteiger partial charge in [0.05, 0.1) is 5.60 Å². The first-order chi connectivity index (χ1) is 10.3. The molecule has 2 aliphatic heterocycles. The zero-order valence-electron chi connectivity index (χ0n) is 13.9. The van der Waals surface area contributed by atoms with E-state index in [1.165, 1.54) is 43.6 Å². The SMILES string of the molecule is CCCNC(CCOCC)C1CCOC2(CCSCC2)C1. The van der Waals surface area contributed by atoms with Crippen LogP contribution in [0.3, 0.4) is 0 Å². The molecule has 2 atom stereocenters. The van der Waals surface area contributed by atoms with Crippen molar-refractivity contribution in [1.82, 2.24) is 5.32 Å². The van der Waals surface area contributed by atoms with Gasteiger partial charge in [-0.3, -0.25) is 0 Å². The Kier molecular flexibility index (Phi) is 7.86. The second-order valence-electron chi connectivity index (χ2n) is 6.44. The first-order valence-corrected chi connectivity index (χ1v) is 9.98. The maximum absolute atomic E-state index is 6.24. The van der Waals surface area contributed by atoms with Gasteiger partial charge in [-0.15, -0.1) is 0 Å². The average molecular weight is 316 g/mol. The Morgan fingerprint density at radius 3 is 2.86 bits per heavy atom. The van der Waals surface area contributed by atoms with Gasteiger partial charge in [-0.05, 0) is 69.4 Å². The molecule has 3 nitrogen and oxygen atoms in total. The predicted molar refractivity (Wildman–Crippen MR) is 91.2 cm³/mol. The summed E-state index contributed by atoms with van der Waals surface area (Å²) in [4.78, 5) is 0. The molecule has 2 unspecified atom stereocenters. The lowest BCUT2D eigenvalue weighted by atomic mass is 9.78. The molecule has 1 spiro atoms. The summed E-state index contributed by atoms with van der Waals surface area (Å²) in [6.07, 6.45) is 7.31. The van der Waals surface area contributed by atoms with Crippen LogP contribution < -0.4 is 5.32 Å². The molecular formula is C17H33NO2S. The lowest BCUT2D eigenvalue weighted by molar-refractivity contribution is -0.108. The van der Waals surface area contributed by atoms with Crippen LogP contribution >= 0.6 is 11.8 Å². The van der Waals surface area contributed by atoms with E-state index in [0.29, 0.717) is 6.04 Å². The van der Waals surface area contributed by atoms with E-state index in [1.807, 2.05) is 0 Å². The zero-order valence-corrected chi connectivity index (χ0v) is 14.7. The van der Waals surface area contributed by atoms with E-state index in [2.05, 4.69) is 30.9 Å². The Labute approximate surface area is 134 Å². The maximum atomic E-state index is 6.24. The number of thioether (sulfide) groups is 1. The standard InChI is InChI=1S/C17H33NO2S/c1-3-9-18-16(6-10-19-4-2)15-5-11-20-17(14-15)7-12-21-13-8-17/h15-16,18H,3-14H2,1-2H3. The number of ether oxygens (including phenoxy) is 2. The molecule has 2 saturated heterocycles. The van der Waals surface area contributed by atoms with Crippen LogP contribution in [-0.4, -0.2) is 49.5 Å². The highest BCUT2D eigenvalue weighted by atomic mass is 32.2. The van der Waals surface area contributed by atoms with Gasteiger partial charge >= 0.3 is 0 Å². The topological polar surface area (TPSA) is 30.5 Å². The quantitative estimate of drug-likeness (QED) is 0.695. The summed E-state index contributed by atoms with van der Waals surface area (Å²) in [7, 11) is 0. The third kappa shape index (κ3) is 5.42. The van der Waals surface area contributed by atoms with Crippen LogP contribution in [0.1, 0.15) is 52.4 Å². The minimum atomic E-state index is 0.200. The molecule has 2 fully saturated rings. The van der Waals surface area contributed by atoms with Gasteiger partial charge in [-0.2, -0.15) is 11.8 Å². The minimum Gasteiger partial charge on any atom is -0.382 e. The summed E-state index contributed by atoms with van der Waals surface area (Å²) >= 11 is 2.09. The molecule has 0 aromatic carbocycles. The number of hydrogen-bond donors (Lipinski definition) is 1. The van der Waals surface area contributed by atoms with Crippen molar-refractivity contribution < 1.29 is 9.47 Å². The Bertz CT molecular complexity index is 276. The van der Waals surface area contributed by atoms with E-state index in [-0.39, 0.29) is 5.60 Å². The van der Waals surface area contributed by atoms with Gasteiger partial charge in [0, 0.05) is 25.9 Å². The molecule has 0 bridgehead atoms. The fourth-order valence-electron chi connectivity index (χ4n) is 3.69. The molecule has 2 aliphatic rings. The van der Waals surface area contributed by atoms with Crippen LogP contribution in [0.5, 0.6) is 0 Å². The molecular weight excluding hydrogens is 282 g/mol. The zero-order chi connectivity index (χ0) is 15.0. The third-order valence-electron chi connectivity index (χ3n) is 4.94. The summed E-state index contributed by atoms with van der Waals surface area (Å²) in [5, 5.41) is 3.78. The second kappa shape index (κ2) is 9.39. The lowest BCUT2D eigenvalue weighted by Gasteiger charge is -2.45. The van der Waals surface area contributed by atoms with Gasteiger partial charge in [0.15, 0.2) is 0 Å². The van der Waals surface area contributed by atoms with Crippen LogP contribution in [0, 0.1) is 5.92 Å². The van der Waals surface area contributed by atoms with Crippen LogP contribution in [0.4, 0.5) is 0 Å². The van der Waals surface area contributed by atoms with E-state index in [4.69, 9.17) is 9.47 Å². The van der Waals surface area contributed by atoms with E-state index >= 15 is 0 Å². The van der Waals surface area contributed by atoms with Crippen molar-refractivity contribution in [2.45, 2.75) is 64.0 Å². The molecule has 0 saturated carbocycles. The Morgan fingerprint density at radius 2 is 2.14 bits per heavy atom. The largest absolute Gasteiger partial charge is 0.382 e. The van der Waals surface area contributed by atoms with Crippen molar-refractivity contribution in [3.63, 3.8) is 0 Å². The van der Waals surface area contributed by atoms with E-state index in [0.717, 1.165) is 38.7 Å². The summed E-state index contributed by atoms with van der Waals surface area (Å²) in [6.45, 7) is 8.12. The number of nitrogens with one attached hydrogen (secondary N) is 1. The summed E-state index contributed by atoms with van der Waals surface area (Å²) in [5.41, 5.74) is 0.200. The Hall–Kier alpha value is 0.230. The first-order valence-electron chi connectivity index (χ1n) is 8.82. The van der Waals surface area contributed by atoms with Gasteiger partial charge in [-0.1, -0.05) is 6.92 Å². The first kappa shape index (κ1) is 17.6. The highest BCUT2D eigenvalue weighted by molar-refractivity contribution is 7.99. The molecule has 2 rings (SSSR count). The molecule has 0 aromatic heterocycles. The van der Waals surface area contributed by atoms with Gasteiger partial charge in [-0.25, -0.2) is 0 Å². The summed E-state index contributed by atoms with van der Waals surface area (Å²) < 4.78 is 11.8. The Balaban J connectivity index is 1.90. The molecule has 0 aliphatic carbocycles. The molecule has 21 heavy (non-hydrogen) atoms. The van der Waals surface area contributed by atoms with Gasteiger partial charge in [0.2, 0.25) is 0 Å². The third-order valence-corrected chi connectivity index (χ3v) is 5.92. The molecule has 0 amide bonds. The van der Waals surface area contributed by atoms with E-state index < -0.39 is 0 Å². The average Bonchev–Trinajstić information content (AvgIpc) is 2.51. The monoisotopic (exact) mass is 315 g/mol. The normalized spacial score (nSPS) is 26.9. The van der Waals surface area contributed by atoms with Gasteiger partial charge < -0.3 is 14.8 Å². The molecule has 0 radical (unpaired) electrons. The van der Waals surface area contributed by atoms with E-state index in [9.17, 15) is 0 Å². The Morgan fingerprint density at radius 1 is 1.33 bits per heavy atom. The van der Waals surface area contributed by atoms with E-state index in [1.54, 1.807) is 0 Å². The molecule has 124 valence electrons. The molecule has 0 aromatic rings. The maximum Gasteiger partial charge on any atom is 0.0701 e. The fourth-order valence-corrected chi connectivity index (χ4v) is 4.93. The van der Waals surface area contributed by atoms with Crippen molar-refractivity contribution in [2.75, 3.05) is 37.9 Å². The second-order valence-corrected chi connectivity index (χ2v) is 7.67. The van der Waals surface area contributed by atoms with Crippen LogP contribution in [-0.2, 0) is 9.47 Å². The van der Waals surface area contributed by atoms with Gasteiger partial charge in [0.25, 0.3) is 0 Å². The predicted octanol–water partition coefficient (Wildman–Crippen LogP) is 3.47. The summed E-state index contributed by atoms with van der Waals surface area (Å²) in [5.74, 6) is 3.31. The highest BCUT2D eigenvalue weighted by Crippen LogP contribution is 2.41. The van der Waals surface area contributed by atoms with Crippen LogP contribution in [0.2, 0.25) is 0 Å². The van der Waals surface area contributed by atoms with Crippen molar-refractivity contribution in [3.8, 4) is 0 Å². The minimum absolute atomic E-state index is 0.200. The summed E-state index contributed by atoms with van der Waals surface area (Å²) in [6, 6.07) is 0.604.